The lowest BCUT2D eigenvalue weighted by Crippen LogP contribution is -2.52. The van der Waals surface area contributed by atoms with Crippen molar-refractivity contribution in [3.05, 3.63) is 48.2 Å². The van der Waals surface area contributed by atoms with Crippen LogP contribution in [0.3, 0.4) is 0 Å². The van der Waals surface area contributed by atoms with Gasteiger partial charge in [-0.25, -0.2) is 4.98 Å². The second-order valence-electron chi connectivity index (χ2n) is 8.31. The summed E-state index contributed by atoms with van der Waals surface area (Å²) in [7, 11) is 1.83. The molecule has 9 heteroatoms. The third-order valence-corrected chi connectivity index (χ3v) is 6.42. The molecule has 2 aromatic rings. The standard InChI is InChI=1S/C24H35N7O.HI/c1-3-28-10-12-30(13-11-28)23-9-8-20(18-26-23)19-27-24(25-2)31-16-14-29(15-17-31)21-6-4-5-7-22(21)32;/h4-9,18,32H,3,10-17,19H2,1-2H3,(H,25,27);1H. The van der Waals surface area contributed by atoms with Crippen LogP contribution in [0.2, 0.25) is 0 Å². The Kier molecular flexibility index (Phi) is 9.42. The second kappa shape index (κ2) is 12.3. The number of likely N-dealkylation sites (N-methyl/N-ethyl adjacent to an activating group) is 1. The fraction of sp³-hybridized carbons (Fsp3) is 0.500. The van der Waals surface area contributed by atoms with Crippen molar-refractivity contribution in [3.8, 4) is 5.75 Å². The zero-order valence-corrected chi connectivity index (χ0v) is 22.0. The quantitative estimate of drug-likeness (QED) is 0.328. The molecule has 0 spiro atoms. The number of phenolic OH excluding ortho intramolecular Hbond substituents is 1. The first-order chi connectivity index (χ1) is 15.7. The number of anilines is 2. The molecule has 180 valence electrons. The lowest BCUT2D eigenvalue weighted by molar-refractivity contribution is 0.270. The van der Waals surface area contributed by atoms with Crippen molar-refractivity contribution in [2.24, 2.45) is 4.99 Å². The van der Waals surface area contributed by atoms with Gasteiger partial charge in [0.05, 0.1) is 5.69 Å². The number of nitrogens with zero attached hydrogens (tertiary/aromatic N) is 6. The first kappa shape index (κ1) is 25.4. The van der Waals surface area contributed by atoms with Crippen molar-refractivity contribution < 1.29 is 5.11 Å². The smallest absolute Gasteiger partial charge is 0.194 e. The molecule has 1 aromatic heterocycles. The van der Waals surface area contributed by atoms with E-state index >= 15 is 0 Å². The number of aromatic nitrogens is 1. The van der Waals surface area contributed by atoms with Crippen LogP contribution in [-0.2, 0) is 6.54 Å². The fourth-order valence-corrected chi connectivity index (χ4v) is 4.41. The molecule has 0 atom stereocenters. The van der Waals surface area contributed by atoms with Crippen molar-refractivity contribution >= 4 is 41.4 Å². The van der Waals surface area contributed by atoms with E-state index in [0.29, 0.717) is 12.3 Å². The maximum Gasteiger partial charge on any atom is 0.194 e. The number of phenols is 1. The van der Waals surface area contributed by atoms with Crippen LogP contribution in [0.25, 0.3) is 0 Å². The maximum atomic E-state index is 10.1. The van der Waals surface area contributed by atoms with Crippen molar-refractivity contribution in [1.29, 1.82) is 0 Å². The summed E-state index contributed by atoms with van der Waals surface area (Å²) in [5.74, 6) is 2.31. The molecular formula is C24H36IN7O. The molecule has 2 fully saturated rings. The van der Waals surface area contributed by atoms with Crippen LogP contribution in [0.15, 0.2) is 47.6 Å². The number of hydrogen-bond donors (Lipinski definition) is 2. The summed E-state index contributed by atoms with van der Waals surface area (Å²) in [6, 6.07) is 11.8. The van der Waals surface area contributed by atoms with Gasteiger partial charge in [0, 0.05) is 72.1 Å². The number of guanidine groups is 1. The predicted octanol–water partition coefficient (Wildman–Crippen LogP) is 2.44. The number of nitrogens with one attached hydrogen (secondary N) is 1. The fourth-order valence-electron chi connectivity index (χ4n) is 4.41. The van der Waals surface area contributed by atoms with Crippen LogP contribution in [0, 0.1) is 0 Å². The number of piperazine rings is 2. The van der Waals surface area contributed by atoms with Crippen LogP contribution in [0.4, 0.5) is 11.5 Å². The molecule has 2 aliphatic heterocycles. The number of para-hydroxylation sites is 2. The van der Waals surface area contributed by atoms with Gasteiger partial charge in [-0.05, 0) is 30.3 Å². The maximum absolute atomic E-state index is 10.1. The van der Waals surface area contributed by atoms with E-state index in [2.05, 4.69) is 49.0 Å². The van der Waals surface area contributed by atoms with Crippen molar-refractivity contribution in [2.75, 3.05) is 75.8 Å². The molecule has 0 amide bonds. The first-order valence-electron chi connectivity index (χ1n) is 11.6. The van der Waals surface area contributed by atoms with Gasteiger partial charge < -0.3 is 30.0 Å². The highest BCUT2D eigenvalue weighted by molar-refractivity contribution is 14.0. The van der Waals surface area contributed by atoms with Gasteiger partial charge >= 0.3 is 0 Å². The third kappa shape index (κ3) is 6.41. The summed E-state index contributed by atoms with van der Waals surface area (Å²) in [5, 5.41) is 13.6. The Hall–Kier alpha value is -2.27. The van der Waals surface area contributed by atoms with E-state index in [0.717, 1.165) is 81.9 Å². The minimum atomic E-state index is 0. The van der Waals surface area contributed by atoms with Gasteiger partial charge in [0.1, 0.15) is 11.6 Å². The zero-order valence-electron chi connectivity index (χ0n) is 19.7. The monoisotopic (exact) mass is 565 g/mol. The Morgan fingerprint density at radius 1 is 0.970 bits per heavy atom. The number of hydrogen-bond acceptors (Lipinski definition) is 6. The average Bonchev–Trinajstić information content (AvgIpc) is 2.86. The normalized spacial score (nSPS) is 17.6. The average molecular weight is 566 g/mol. The number of aromatic hydroxyl groups is 1. The Labute approximate surface area is 214 Å². The molecule has 3 heterocycles. The minimum absolute atomic E-state index is 0. The number of halogens is 1. The van der Waals surface area contributed by atoms with E-state index in [1.54, 1.807) is 6.07 Å². The lowest BCUT2D eigenvalue weighted by atomic mass is 10.2. The number of pyridine rings is 1. The van der Waals surface area contributed by atoms with Gasteiger partial charge in [0.15, 0.2) is 5.96 Å². The third-order valence-electron chi connectivity index (χ3n) is 6.42. The van der Waals surface area contributed by atoms with Crippen molar-refractivity contribution in [2.45, 2.75) is 13.5 Å². The van der Waals surface area contributed by atoms with E-state index in [-0.39, 0.29) is 24.0 Å². The molecule has 2 aliphatic rings. The van der Waals surface area contributed by atoms with Crippen LogP contribution < -0.4 is 15.1 Å². The number of benzene rings is 1. The van der Waals surface area contributed by atoms with Crippen molar-refractivity contribution in [3.63, 3.8) is 0 Å². The SMILES string of the molecule is CCN1CCN(c2ccc(CNC(=NC)N3CCN(c4ccccc4O)CC3)cn2)CC1.I. The highest BCUT2D eigenvalue weighted by Gasteiger charge is 2.21. The van der Waals surface area contributed by atoms with E-state index in [4.69, 9.17) is 4.98 Å². The van der Waals surface area contributed by atoms with Gasteiger partial charge in [-0.1, -0.05) is 25.1 Å². The van der Waals surface area contributed by atoms with E-state index in [1.807, 2.05) is 31.4 Å². The molecule has 1 aromatic carbocycles. The van der Waals surface area contributed by atoms with Gasteiger partial charge in [-0.2, -0.15) is 0 Å². The lowest BCUT2D eigenvalue weighted by Gasteiger charge is -2.37. The largest absolute Gasteiger partial charge is 0.506 e. The second-order valence-corrected chi connectivity index (χ2v) is 8.31. The Bertz CT molecular complexity index is 892. The zero-order chi connectivity index (χ0) is 22.3. The van der Waals surface area contributed by atoms with E-state index < -0.39 is 0 Å². The molecule has 0 radical (unpaired) electrons. The first-order valence-corrected chi connectivity index (χ1v) is 11.6. The van der Waals surface area contributed by atoms with Crippen LogP contribution in [0.5, 0.6) is 5.75 Å². The minimum Gasteiger partial charge on any atom is -0.506 e. The topological polar surface area (TPSA) is 70.5 Å². The molecular weight excluding hydrogens is 529 g/mol. The van der Waals surface area contributed by atoms with E-state index in [1.165, 1.54) is 0 Å². The van der Waals surface area contributed by atoms with E-state index in [9.17, 15) is 5.11 Å². The van der Waals surface area contributed by atoms with Crippen LogP contribution >= 0.6 is 24.0 Å². The van der Waals surface area contributed by atoms with Crippen LogP contribution in [-0.4, -0.2) is 91.8 Å². The van der Waals surface area contributed by atoms with Crippen LogP contribution in [0.1, 0.15) is 12.5 Å². The molecule has 33 heavy (non-hydrogen) atoms. The molecule has 0 unspecified atom stereocenters. The summed E-state index contributed by atoms with van der Waals surface area (Å²) in [6.45, 7) is 11.7. The molecule has 2 saturated heterocycles. The van der Waals surface area contributed by atoms with Crippen molar-refractivity contribution in [1.82, 2.24) is 20.1 Å². The Morgan fingerprint density at radius 2 is 1.67 bits per heavy atom. The highest BCUT2D eigenvalue weighted by atomic mass is 127. The van der Waals surface area contributed by atoms with Gasteiger partial charge in [-0.3, -0.25) is 4.99 Å². The number of aliphatic imine (C=N–C) groups is 1. The summed E-state index contributed by atoms with van der Waals surface area (Å²) in [5.41, 5.74) is 2.05. The summed E-state index contributed by atoms with van der Waals surface area (Å²) >= 11 is 0. The highest BCUT2D eigenvalue weighted by Crippen LogP contribution is 2.27. The molecule has 4 rings (SSSR count). The predicted molar refractivity (Wildman–Crippen MR) is 146 cm³/mol. The van der Waals surface area contributed by atoms with Gasteiger partial charge in [-0.15, -0.1) is 24.0 Å². The molecule has 0 aliphatic carbocycles. The molecule has 8 nitrogen and oxygen atoms in total. The molecule has 0 saturated carbocycles. The Balaban J connectivity index is 0.00000306. The van der Waals surface area contributed by atoms with Gasteiger partial charge in [0.2, 0.25) is 0 Å². The molecule has 2 N–H and O–H groups in total. The summed E-state index contributed by atoms with van der Waals surface area (Å²) < 4.78 is 0. The Morgan fingerprint density at radius 3 is 2.27 bits per heavy atom. The summed E-state index contributed by atoms with van der Waals surface area (Å²) in [6.07, 6.45) is 1.97. The molecule has 0 bridgehead atoms. The summed E-state index contributed by atoms with van der Waals surface area (Å²) in [4.78, 5) is 18.5. The van der Waals surface area contributed by atoms with Gasteiger partial charge in [0.25, 0.3) is 0 Å². The number of rotatable bonds is 5.